The number of aryl methyl sites for hydroxylation is 1. The molecule has 0 spiro atoms. The van der Waals surface area contributed by atoms with Gasteiger partial charge in [-0.2, -0.15) is 0 Å². The Morgan fingerprint density at radius 3 is 2.81 bits per heavy atom. The van der Waals surface area contributed by atoms with Crippen LogP contribution in [-0.2, 0) is 9.59 Å². The third-order valence-electron chi connectivity index (χ3n) is 3.34. The zero-order valence-electron chi connectivity index (χ0n) is 11.8. The predicted molar refractivity (Wildman–Crippen MR) is 73.5 cm³/mol. The van der Waals surface area contributed by atoms with Crippen molar-refractivity contribution in [2.24, 2.45) is 5.92 Å². The summed E-state index contributed by atoms with van der Waals surface area (Å²) in [7, 11) is 0. The van der Waals surface area contributed by atoms with Crippen LogP contribution in [0.15, 0.2) is 18.2 Å². The molecule has 0 heterocycles. The molecule has 0 saturated heterocycles. The quantitative estimate of drug-likeness (QED) is 0.805. The molecule has 0 aromatic heterocycles. The van der Waals surface area contributed by atoms with Crippen molar-refractivity contribution in [1.29, 1.82) is 0 Å². The second kappa shape index (κ2) is 6.56. The number of carbonyl (C=O) groups excluding carboxylic acids is 1. The number of carboxylic acids is 1. The zero-order valence-corrected chi connectivity index (χ0v) is 11.8. The largest absolute Gasteiger partial charge is 0.481 e. The number of nitrogens with one attached hydrogen (secondary N) is 1. The maximum Gasteiger partial charge on any atom is 0.326 e. The Balaban J connectivity index is 1.85. The predicted octanol–water partition coefficient (Wildman–Crippen LogP) is 1.88. The summed E-state index contributed by atoms with van der Waals surface area (Å²) in [5, 5.41) is 11.5. The topological polar surface area (TPSA) is 75.6 Å². The Morgan fingerprint density at radius 1 is 1.48 bits per heavy atom. The molecule has 1 amide bonds. The number of hydrogen-bond acceptors (Lipinski definition) is 3. The van der Waals surface area contributed by atoms with Gasteiger partial charge in [0.15, 0.2) is 18.2 Å². The van der Waals surface area contributed by atoms with Crippen LogP contribution in [0.2, 0.25) is 0 Å². The van der Waals surface area contributed by atoms with Crippen LogP contribution in [0.5, 0.6) is 5.75 Å². The van der Waals surface area contributed by atoms with Crippen LogP contribution in [0.3, 0.4) is 0 Å². The molecular weight excluding hydrogens is 277 g/mol. The first-order chi connectivity index (χ1) is 9.95. The van der Waals surface area contributed by atoms with Crippen molar-refractivity contribution in [3.8, 4) is 5.75 Å². The summed E-state index contributed by atoms with van der Waals surface area (Å²) < 4.78 is 18.5. The van der Waals surface area contributed by atoms with Gasteiger partial charge in [0.25, 0.3) is 5.91 Å². The molecule has 6 heteroatoms. The van der Waals surface area contributed by atoms with E-state index in [2.05, 4.69) is 5.32 Å². The summed E-state index contributed by atoms with van der Waals surface area (Å²) in [6.07, 6.45) is 2.44. The second-order valence-corrected chi connectivity index (χ2v) is 5.36. The minimum Gasteiger partial charge on any atom is -0.481 e. The minimum atomic E-state index is -1.06. The van der Waals surface area contributed by atoms with Crippen LogP contribution < -0.4 is 10.1 Å². The normalized spacial score (nSPS) is 15.3. The van der Waals surface area contributed by atoms with Gasteiger partial charge in [0.1, 0.15) is 6.04 Å². The van der Waals surface area contributed by atoms with E-state index in [0.717, 1.165) is 18.4 Å². The van der Waals surface area contributed by atoms with E-state index in [0.29, 0.717) is 12.3 Å². The van der Waals surface area contributed by atoms with Crippen molar-refractivity contribution < 1.29 is 23.8 Å². The van der Waals surface area contributed by atoms with E-state index in [9.17, 15) is 14.0 Å². The standard InChI is InChI=1S/C15H18FNO4/c1-9-2-5-11(16)13(6-9)21-8-14(18)17-12(15(19)20)7-10-3-4-10/h2,5-6,10,12H,3-4,7-8H2,1H3,(H,17,18)(H,19,20). The first-order valence-electron chi connectivity index (χ1n) is 6.87. The van der Waals surface area contributed by atoms with Crippen molar-refractivity contribution >= 4 is 11.9 Å². The lowest BCUT2D eigenvalue weighted by Crippen LogP contribution is -2.43. The summed E-state index contributed by atoms with van der Waals surface area (Å²) in [4.78, 5) is 22.8. The summed E-state index contributed by atoms with van der Waals surface area (Å²) in [5.41, 5.74) is 0.809. The van der Waals surface area contributed by atoms with E-state index in [1.807, 2.05) is 0 Å². The molecule has 1 aromatic carbocycles. The highest BCUT2D eigenvalue weighted by molar-refractivity contribution is 5.84. The van der Waals surface area contributed by atoms with E-state index >= 15 is 0 Å². The van der Waals surface area contributed by atoms with Gasteiger partial charge in [-0.3, -0.25) is 4.79 Å². The molecule has 5 nitrogen and oxygen atoms in total. The van der Waals surface area contributed by atoms with Gasteiger partial charge in [0.2, 0.25) is 0 Å². The van der Waals surface area contributed by atoms with E-state index in [4.69, 9.17) is 9.84 Å². The molecule has 0 radical (unpaired) electrons. The molecule has 1 saturated carbocycles. The highest BCUT2D eigenvalue weighted by Crippen LogP contribution is 2.33. The monoisotopic (exact) mass is 295 g/mol. The van der Waals surface area contributed by atoms with Gasteiger partial charge in [-0.1, -0.05) is 18.9 Å². The van der Waals surface area contributed by atoms with Gasteiger partial charge in [0, 0.05) is 0 Å². The fraction of sp³-hybridized carbons (Fsp3) is 0.467. The number of halogens is 1. The Labute approximate surface area is 122 Å². The summed E-state index contributed by atoms with van der Waals surface area (Å²) in [6, 6.07) is 3.44. The number of ether oxygens (including phenoxy) is 1. The molecule has 1 fully saturated rings. The average molecular weight is 295 g/mol. The smallest absolute Gasteiger partial charge is 0.326 e. The summed E-state index contributed by atoms with van der Waals surface area (Å²) >= 11 is 0. The number of benzene rings is 1. The molecule has 1 atom stereocenters. The highest BCUT2D eigenvalue weighted by Gasteiger charge is 2.30. The van der Waals surface area contributed by atoms with Gasteiger partial charge in [-0.05, 0) is 37.0 Å². The number of amides is 1. The Kier molecular flexibility index (Phi) is 4.77. The van der Waals surface area contributed by atoms with Gasteiger partial charge in [-0.25, -0.2) is 9.18 Å². The Bertz CT molecular complexity index is 542. The minimum absolute atomic E-state index is 0.0146. The fourth-order valence-corrected chi connectivity index (χ4v) is 2.01. The third-order valence-corrected chi connectivity index (χ3v) is 3.34. The van der Waals surface area contributed by atoms with Crippen LogP contribution in [-0.4, -0.2) is 29.6 Å². The molecule has 2 N–H and O–H groups in total. The van der Waals surface area contributed by atoms with Gasteiger partial charge < -0.3 is 15.2 Å². The molecule has 21 heavy (non-hydrogen) atoms. The van der Waals surface area contributed by atoms with Crippen molar-refractivity contribution in [1.82, 2.24) is 5.32 Å². The average Bonchev–Trinajstić information content (AvgIpc) is 3.23. The molecule has 1 unspecified atom stereocenters. The van der Waals surface area contributed by atoms with Crippen molar-refractivity contribution in [3.63, 3.8) is 0 Å². The number of carboxylic acid groups (broad SMARTS) is 1. The third kappa shape index (κ3) is 4.73. The van der Waals surface area contributed by atoms with Gasteiger partial charge >= 0.3 is 5.97 Å². The van der Waals surface area contributed by atoms with Crippen LogP contribution in [0.1, 0.15) is 24.8 Å². The number of aliphatic carboxylic acids is 1. The van der Waals surface area contributed by atoms with E-state index in [-0.39, 0.29) is 5.75 Å². The lowest BCUT2D eigenvalue weighted by atomic mass is 10.1. The number of hydrogen-bond donors (Lipinski definition) is 2. The van der Waals surface area contributed by atoms with E-state index in [1.54, 1.807) is 13.0 Å². The SMILES string of the molecule is Cc1ccc(F)c(OCC(=O)NC(CC2CC2)C(=O)O)c1. The van der Waals surface area contributed by atoms with E-state index < -0.39 is 30.3 Å². The maximum atomic E-state index is 13.4. The number of rotatable bonds is 7. The van der Waals surface area contributed by atoms with Crippen molar-refractivity contribution in [2.75, 3.05) is 6.61 Å². The molecular formula is C15H18FNO4. The lowest BCUT2D eigenvalue weighted by Gasteiger charge is -2.14. The first-order valence-corrected chi connectivity index (χ1v) is 6.87. The van der Waals surface area contributed by atoms with Crippen molar-refractivity contribution in [3.05, 3.63) is 29.6 Å². The van der Waals surface area contributed by atoms with Crippen LogP contribution >= 0.6 is 0 Å². The molecule has 0 aliphatic heterocycles. The molecule has 2 rings (SSSR count). The van der Waals surface area contributed by atoms with Crippen LogP contribution in [0, 0.1) is 18.7 Å². The summed E-state index contributed by atoms with van der Waals surface area (Å²) in [6.45, 7) is 1.37. The fourth-order valence-electron chi connectivity index (χ4n) is 2.01. The molecule has 1 aromatic rings. The lowest BCUT2D eigenvalue weighted by molar-refractivity contribution is -0.142. The first kappa shape index (κ1) is 15.3. The molecule has 114 valence electrons. The summed E-state index contributed by atoms with van der Waals surface area (Å²) in [5.74, 6) is -1.82. The molecule has 0 bridgehead atoms. The van der Waals surface area contributed by atoms with Gasteiger partial charge in [0.05, 0.1) is 0 Å². The van der Waals surface area contributed by atoms with Gasteiger partial charge in [-0.15, -0.1) is 0 Å². The highest BCUT2D eigenvalue weighted by atomic mass is 19.1. The second-order valence-electron chi connectivity index (χ2n) is 5.36. The van der Waals surface area contributed by atoms with Crippen LogP contribution in [0.4, 0.5) is 4.39 Å². The number of carbonyl (C=O) groups is 2. The van der Waals surface area contributed by atoms with Crippen LogP contribution in [0.25, 0.3) is 0 Å². The van der Waals surface area contributed by atoms with E-state index in [1.165, 1.54) is 12.1 Å². The molecule has 1 aliphatic rings. The Morgan fingerprint density at radius 2 is 2.19 bits per heavy atom. The van der Waals surface area contributed by atoms with Crippen molar-refractivity contribution in [2.45, 2.75) is 32.2 Å². The zero-order chi connectivity index (χ0) is 15.4. The Hall–Kier alpha value is -2.11. The maximum absolute atomic E-state index is 13.4. The molecule has 1 aliphatic carbocycles.